The summed E-state index contributed by atoms with van der Waals surface area (Å²) in [6.07, 6.45) is 0. The van der Waals surface area contributed by atoms with Gasteiger partial charge in [0.05, 0.1) is 18.0 Å². The third kappa shape index (κ3) is 5.46. The lowest BCUT2D eigenvalue weighted by molar-refractivity contribution is 0.0941. The Bertz CT molecular complexity index is 985. The van der Waals surface area contributed by atoms with Crippen LogP contribution in [0.3, 0.4) is 0 Å². The van der Waals surface area contributed by atoms with E-state index in [2.05, 4.69) is 15.5 Å². The van der Waals surface area contributed by atoms with Crippen LogP contribution in [0.4, 0.5) is 5.69 Å². The van der Waals surface area contributed by atoms with Crippen molar-refractivity contribution >= 4 is 28.8 Å². The molecule has 0 radical (unpaired) electrons. The molecule has 1 aromatic heterocycles. The molecule has 0 saturated heterocycles. The van der Waals surface area contributed by atoms with Gasteiger partial charge in [0.25, 0.3) is 11.8 Å². The van der Waals surface area contributed by atoms with Crippen molar-refractivity contribution in [2.75, 3.05) is 33.1 Å². The first-order valence-electron chi connectivity index (χ1n) is 9.51. The average molecular weight is 424 g/mol. The fourth-order valence-electron chi connectivity index (χ4n) is 3.04. The molecule has 0 aliphatic carbocycles. The van der Waals surface area contributed by atoms with Gasteiger partial charge in [-0.15, -0.1) is 11.3 Å². The van der Waals surface area contributed by atoms with Crippen LogP contribution in [-0.4, -0.2) is 44.5 Å². The number of hydrogen-bond acceptors (Lipinski definition) is 5. The molecule has 0 unspecified atom stereocenters. The Hall–Kier alpha value is -3.16. The number of rotatable bonds is 8. The molecule has 0 saturated carbocycles. The Morgan fingerprint density at radius 1 is 1.03 bits per heavy atom. The predicted octanol–water partition coefficient (Wildman–Crippen LogP) is 4.04. The van der Waals surface area contributed by atoms with Gasteiger partial charge < -0.3 is 20.3 Å². The zero-order valence-electron chi connectivity index (χ0n) is 17.2. The van der Waals surface area contributed by atoms with Crippen LogP contribution in [0.15, 0.2) is 66.0 Å². The van der Waals surface area contributed by atoms with Crippen LogP contribution in [0, 0.1) is 0 Å². The van der Waals surface area contributed by atoms with Crippen LogP contribution in [0.5, 0.6) is 5.75 Å². The second-order valence-electron chi connectivity index (χ2n) is 6.97. The van der Waals surface area contributed by atoms with E-state index < -0.39 is 0 Å². The number of anilines is 1. The molecule has 3 rings (SSSR count). The third-order valence-corrected chi connectivity index (χ3v) is 5.58. The quantitative estimate of drug-likeness (QED) is 0.574. The van der Waals surface area contributed by atoms with Gasteiger partial charge in [0.15, 0.2) is 0 Å². The highest BCUT2D eigenvalue weighted by atomic mass is 32.1. The first kappa shape index (κ1) is 21.5. The topological polar surface area (TPSA) is 70.7 Å². The fraction of sp³-hybridized carbons (Fsp3) is 0.217. The van der Waals surface area contributed by atoms with Crippen molar-refractivity contribution in [2.24, 2.45) is 0 Å². The number of nitrogens with zero attached hydrogens (tertiary/aromatic N) is 1. The summed E-state index contributed by atoms with van der Waals surface area (Å²) in [7, 11) is 5.58. The van der Waals surface area contributed by atoms with Gasteiger partial charge >= 0.3 is 0 Å². The van der Waals surface area contributed by atoms with Crippen molar-refractivity contribution in [3.63, 3.8) is 0 Å². The van der Waals surface area contributed by atoms with Gasteiger partial charge in [-0.1, -0.05) is 18.2 Å². The fourth-order valence-corrected chi connectivity index (χ4v) is 3.66. The van der Waals surface area contributed by atoms with Gasteiger partial charge in [0, 0.05) is 17.8 Å². The molecule has 7 heteroatoms. The largest absolute Gasteiger partial charge is 0.497 e. The van der Waals surface area contributed by atoms with Crippen molar-refractivity contribution in [1.82, 2.24) is 10.2 Å². The first-order valence-corrected chi connectivity index (χ1v) is 10.4. The summed E-state index contributed by atoms with van der Waals surface area (Å²) in [5.41, 5.74) is 2.24. The molecule has 1 atom stereocenters. The Morgan fingerprint density at radius 3 is 2.43 bits per heavy atom. The highest BCUT2D eigenvalue weighted by Crippen LogP contribution is 2.22. The van der Waals surface area contributed by atoms with E-state index in [4.69, 9.17) is 4.74 Å². The van der Waals surface area contributed by atoms with E-state index in [0.29, 0.717) is 22.7 Å². The van der Waals surface area contributed by atoms with E-state index in [-0.39, 0.29) is 17.9 Å². The normalized spacial score (nSPS) is 11.7. The van der Waals surface area contributed by atoms with E-state index in [1.54, 1.807) is 37.4 Å². The molecule has 0 aliphatic heterocycles. The van der Waals surface area contributed by atoms with Crippen LogP contribution in [0.1, 0.15) is 31.6 Å². The summed E-state index contributed by atoms with van der Waals surface area (Å²) < 4.78 is 5.31. The number of methoxy groups -OCH3 is 1. The maximum absolute atomic E-state index is 12.6. The first-order chi connectivity index (χ1) is 14.5. The van der Waals surface area contributed by atoms with Crippen molar-refractivity contribution < 1.29 is 14.3 Å². The van der Waals surface area contributed by atoms with E-state index >= 15 is 0 Å². The second-order valence-corrected chi connectivity index (χ2v) is 7.92. The number of hydrogen-bond donors (Lipinski definition) is 2. The molecule has 156 valence electrons. The van der Waals surface area contributed by atoms with Gasteiger partial charge in [-0.2, -0.15) is 0 Å². The van der Waals surface area contributed by atoms with Crippen LogP contribution in [0.25, 0.3) is 0 Å². The van der Waals surface area contributed by atoms with Crippen LogP contribution in [0.2, 0.25) is 0 Å². The molecule has 0 aliphatic rings. The SMILES string of the molecule is COc1cccc([C@@H](CNC(=O)c2ccc(NC(=O)c3cccs3)cc2)N(C)C)c1. The molecule has 2 aromatic carbocycles. The van der Waals surface area contributed by atoms with Crippen LogP contribution in [-0.2, 0) is 0 Å². The summed E-state index contributed by atoms with van der Waals surface area (Å²) in [5, 5.41) is 7.68. The number of benzene rings is 2. The molecule has 2 amide bonds. The molecule has 0 fully saturated rings. The monoisotopic (exact) mass is 423 g/mol. The second kappa shape index (κ2) is 10.0. The van der Waals surface area contributed by atoms with Crippen LogP contribution >= 0.6 is 11.3 Å². The Balaban J connectivity index is 1.61. The molecule has 30 heavy (non-hydrogen) atoms. The van der Waals surface area contributed by atoms with Gasteiger partial charge in [0.2, 0.25) is 0 Å². The highest BCUT2D eigenvalue weighted by Gasteiger charge is 2.17. The molecule has 2 N–H and O–H groups in total. The molecule has 3 aromatic rings. The number of thiophene rings is 1. The van der Waals surface area contributed by atoms with E-state index in [1.807, 2.05) is 49.8 Å². The summed E-state index contributed by atoms with van der Waals surface area (Å²) >= 11 is 1.38. The Labute approximate surface area is 180 Å². The number of nitrogens with one attached hydrogen (secondary N) is 2. The minimum absolute atomic E-state index is 0.00778. The minimum atomic E-state index is -0.166. The summed E-state index contributed by atoms with van der Waals surface area (Å²) in [5.74, 6) is 0.459. The van der Waals surface area contributed by atoms with Crippen molar-refractivity contribution in [3.8, 4) is 5.75 Å². The summed E-state index contributed by atoms with van der Waals surface area (Å²) in [4.78, 5) is 27.4. The molecular weight excluding hydrogens is 398 g/mol. The molecular formula is C23H25N3O3S. The number of ether oxygens (including phenoxy) is 1. The van der Waals surface area contributed by atoms with E-state index in [0.717, 1.165) is 11.3 Å². The molecule has 0 spiro atoms. The average Bonchev–Trinajstić information content (AvgIpc) is 3.29. The van der Waals surface area contributed by atoms with Gasteiger partial charge in [0.1, 0.15) is 5.75 Å². The Kier molecular flexibility index (Phi) is 7.21. The number of likely N-dealkylation sites (N-methyl/N-ethyl adjacent to an activating group) is 1. The van der Waals surface area contributed by atoms with Crippen LogP contribution < -0.4 is 15.4 Å². The molecule has 6 nitrogen and oxygen atoms in total. The number of carbonyl (C=O) groups is 2. The van der Waals surface area contributed by atoms with E-state index in [1.165, 1.54) is 11.3 Å². The van der Waals surface area contributed by atoms with Crippen molar-refractivity contribution in [1.29, 1.82) is 0 Å². The lowest BCUT2D eigenvalue weighted by Crippen LogP contribution is -2.34. The van der Waals surface area contributed by atoms with Gasteiger partial charge in [-0.25, -0.2) is 0 Å². The zero-order valence-corrected chi connectivity index (χ0v) is 18.0. The van der Waals surface area contributed by atoms with Gasteiger partial charge in [-0.3, -0.25) is 9.59 Å². The molecule has 1 heterocycles. The lowest BCUT2D eigenvalue weighted by atomic mass is 10.1. The number of carbonyl (C=O) groups excluding carboxylic acids is 2. The van der Waals surface area contributed by atoms with E-state index in [9.17, 15) is 9.59 Å². The summed E-state index contributed by atoms with van der Waals surface area (Å²) in [6.45, 7) is 0.454. The zero-order chi connectivity index (χ0) is 21.5. The lowest BCUT2D eigenvalue weighted by Gasteiger charge is -2.25. The smallest absolute Gasteiger partial charge is 0.265 e. The summed E-state index contributed by atoms with van der Waals surface area (Å²) in [6, 6.07) is 18.3. The Morgan fingerprint density at radius 2 is 1.80 bits per heavy atom. The maximum atomic E-state index is 12.6. The van der Waals surface area contributed by atoms with Crippen molar-refractivity contribution in [3.05, 3.63) is 82.0 Å². The van der Waals surface area contributed by atoms with Crippen molar-refractivity contribution in [2.45, 2.75) is 6.04 Å². The standard InChI is InChI=1S/C23H25N3O3S/c1-26(2)20(17-6-4-7-19(14-17)29-3)15-24-22(27)16-9-11-18(12-10-16)25-23(28)21-8-5-13-30-21/h4-14,20H,15H2,1-3H3,(H,24,27)(H,25,28)/t20-/m1/s1. The third-order valence-electron chi connectivity index (χ3n) is 4.71. The minimum Gasteiger partial charge on any atom is -0.497 e. The number of amides is 2. The molecule has 0 bridgehead atoms. The maximum Gasteiger partial charge on any atom is 0.265 e. The highest BCUT2D eigenvalue weighted by molar-refractivity contribution is 7.12. The predicted molar refractivity (Wildman–Crippen MR) is 120 cm³/mol. The van der Waals surface area contributed by atoms with Gasteiger partial charge in [-0.05, 0) is 67.5 Å².